The molecule has 0 fully saturated rings. The van der Waals surface area contributed by atoms with Crippen molar-refractivity contribution in [2.45, 2.75) is 10.9 Å². The average Bonchev–Trinajstić information content (AvgIpc) is 2.29. The zero-order chi connectivity index (χ0) is 9.35. The topological polar surface area (TPSA) is 78.0 Å². The first kappa shape index (κ1) is 9.50. The summed E-state index contributed by atoms with van der Waals surface area (Å²) in [5, 5.41) is 8.63. The lowest BCUT2D eigenvalue weighted by Crippen LogP contribution is -2.17. The number of halogens is 1. The number of rotatable bonds is 2. The van der Waals surface area contributed by atoms with E-state index >= 15 is 0 Å². The molecule has 2 N–H and O–H groups in total. The summed E-state index contributed by atoms with van der Waals surface area (Å²) in [7, 11) is -2.22. The molecule has 0 aromatic carbocycles. The van der Waals surface area contributed by atoms with E-state index in [1.807, 2.05) is 0 Å². The summed E-state index contributed by atoms with van der Waals surface area (Å²) in [6.45, 7) is 0. The van der Waals surface area contributed by atoms with Gasteiger partial charge in [0.1, 0.15) is 0 Å². The monoisotopic (exact) mass is 209 g/mol. The fourth-order valence-corrected chi connectivity index (χ4v) is 2.11. The normalized spacial score (nSPS) is 11.9. The van der Waals surface area contributed by atoms with Gasteiger partial charge in [-0.2, -0.15) is 5.10 Å². The molecule has 0 atom stereocenters. The molecule has 0 bridgehead atoms. The number of aromatic nitrogens is 2. The summed E-state index contributed by atoms with van der Waals surface area (Å²) < 4.78 is 23.1. The van der Waals surface area contributed by atoms with E-state index in [4.69, 9.17) is 16.7 Å². The first-order chi connectivity index (χ1) is 5.46. The highest BCUT2D eigenvalue weighted by Crippen LogP contribution is 2.14. The molecule has 68 valence electrons. The van der Waals surface area contributed by atoms with Crippen LogP contribution in [0.1, 0.15) is 5.56 Å². The molecule has 1 heterocycles. The van der Waals surface area contributed by atoms with E-state index in [2.05, 4.69) is 5.10 Å². The van der Waals surface area contributed by atoms with E-state index in [1.165, 1.54) is 17.9 Å². The van der Waals surface area contributed by atoms with Crippen molar-refractivity contribution >= 4 is 21.6 Å². The molecule has 0 aliphatic heterocycles. The highest BCUT2D eigenvalue weighted by atomic mass is 35.5. The highest BCUT2D eigenvalue weighted by molar-refractivity contribution is 7.89. The zero-order valence-corrected chi connectivity index (χ0v) is 7.93. The standard InChI is InChI=1S/C5H8ClN3O2S/c1-9-5(12(7,10)11)4(2-6)3-8-9/h3H,2H2,1H3,(H2,7,10,11). The molecule has 0 saturated carbocycles. The van der Waals surface area contributed by atoms with Gasteiger partial charge in [-0.05, 0) is 0 Å². The van der Waals surface area contributed by atoms with Crippen LogP contribution in [0.3, 0.4) is 0 Å². The Hall–Kier alpha value is -0.590. The number of nitrogens with zero attached hydrogens (tertiary/aromatic N) is 2. The summed E-state index contributed by atoms with van der Waals surface area (Å²) in [6, 6.07) is 0. The molecular weight excluding hydrogens is 202 g/mol. The van der Waals surface area contributed by atoms with Gasteiger partial charge in [-0.25, -0.2) is 13.6 Å². The Morgan fingerprint density at radius 3 is 2.67 bits per heavy atom. The molecule has 0 amide bonds. The summed E-state index contributed by atoms with van der Waals surface area (Å²) in [4.78, 5) is 0. The maximum absolute atomic E-state index is 11.0. The van der Waals surface area contributed by atoms with Gasteiger partial charge in [-0.3, -0.25) is 4.68 Å². The van der Waals surface area contributed by atoms with Crippen molar-refractivity contribution in [3.05, 3.63) is 11.8 Å². The van der Waals surface area contributed by atoms with Gasteiger partial charge < -0.3 is 0 Å². The van der Waals surface area contributed by atoms with E-state index in [1.54, 1.807) is 0 Å². The molecule has 0 spiro atoms. The van der Waals surface area contributed by atoms with Crippen LogP contribution in [0, 0.1) is 0 Å². The van der Waals surface area contributed by atoms with Crippen LogP contribution in [0.2, 0.25) is 0 Å². The molecule has 0 aliphatic carbocycles. The van der Waals surface area contributed by atoms with Crippen molar-refractivity contribution in [1.82, 2.24) is 9.78 Å². The molecule has 0 aliphatic rings. The maximum atomic E-state index is 11.0. The maximum Gasteiger partial charge on any atom is 0.255 e. The molecule has 0 unspecified atom stereocenters. The van der Waals surface area contributed by atoms with E-state index in [0.29, 0.717) is 5.56 Å². The Kier molecular flexibility index (Phi) is 2.41. The van der Waals surface area contributed by atoms with Crippen molar-refractivity contribution in [2.75, 3.05) is 0 Å². The lowest BCUT2D eigenvalue weighted by Gasteiger charge is -1.99. The third-order valence-corrected chi connectivity index (χ3v) is 2.72. The van der Waals surface area contributed by atoms with Crippen LogP contribution >= 0.6 is 11.6 Å². The van der Waals surface area contributed by atoms with Crippen LogP contribution in [-0.4, -0.2) is 18.2 Å². The minimum atomic E-state index is -3.72. The molecule has 5 nitrogen and oxygen atoms in total. The molecule has 1 rings (SSSR count). The Bertz CT molecular complexity index is 383. The van der Waals surface area contributed by atoms with Crippen LogP contribution < -0.4 is 5.14 Å². The Morgan fingerprint density at radius 1 is 1.75 bits per heavy atom. The summed E-state index contributed by atoms with van der Waals surface area (Å²) in [6.07, 6.45) is 1.38. The average molecular weight is 210 g/mol. The summed E-state index contributed by atoms with van der Waals surface area (Å²) >= 11 is 5.48. The number of sulfonamides is 1. The van der Waals surface area contributed by atoms with E-state index in [9.17, 15) is 8.42 Å². The van der Waals surface area contributed by atoms with Crippen molar-refractivity contribution < 1.29 is 8.42 Å². The van der Waals surface area contributed by atoms with Gasteiger partial charge in [-0.1, -0.05) is 0 Å². The second-order valence-electron chi connectivity index (χ2n) is 2.28. The molecule has 7 heteroatoms. The number of hydrogen-bond acceptors (Lipinski definition) is 3. The van der Waals surface area contributed by atoms with E-state index < -0.39 is 10.0 Å². The molecular formula is C5H8ClN3O2S. The first-order valence-corrected chi connectivity index (χ1v) is 5.14. The Morgan fingerprint density at radius 2 is 2.33 bits per heavy atom. The van der Waals surface area contributed by atoms with Gasteiger partial charge in [-0.15, -0.1) is 11.6 Å². The SMILES string of the molecule is Cn1ncc(CCl)c1S(N)(=O)=O. The summed E-state index contributed by atoms with van der Waals surface area (Å²) in [5.74, 6) is 0.0829. The van der Waals surface area contributed by atoms with Gasteiger partial charge in [0.15, 0.2) is 5.03 Å². The molecule has 0 radical (unpaired) electrons. The van der Waals surface area contributed by atoms with Crippen LogP contribution in [0.4, 0.5) is 0 Å². The second-order valence-corrected chi connectivity index (χ2v) is 4.02. The predicted molar refractivity (Wildman–Crippen MR) is 44.1 cm³/mol. The van der Waals surface area contributed by atoms with Gasteiger partial charge in [0, 0.05) is 12.6 Å². The van der Waals surface area contributed by atoms with Crippen molar-refractivity contribution in [2.24, 2.45) is 12.2 Å². The van der Waals surface area contributed by atoms with Crippen LogP contribution in [0.5, 0.6) is 0 Å². The molecule has 1 aromatic heterocycles. The number of hydrogen-bond donors (Lipinski definition) is 1. The van der Waals surface area contributed by atoms with E-state index in [-0.39, 0.29) is 10.9 Å². The number of alkyl halides is 1. The highest BCUT2D eigenvalue weighted by Gasteiger charge is 2.18. The number of primary sulfonamides is 1. The fourth-order valence-electron chi connectivity index (χ4n) is 0.930. The lowest BCUT2D eigenvalue weighted by molar-refractivity contribution is 0.577. The van der Waals surface area contributed by atoms with Gasteiger partial charge in [0.2, 0.25) is 0 Å². The van der Waals surface area contributed by atoms with Crippen LogP contribution in [-0.2, 0) is 23.0 Å². The van der Waals surface area contributed by atoms with Gasteiger partial charge >= 0.3 is 0 Å². The van der Waals surface area contributed by atoms with Crippen molar-refractivity contribution in [3.8, 4) is 0 Å². The molecule has 12 heavy (non-hydrogen) atoms. The second kappa shape index (κ2) is 3.04. The number of aryl methyl sites for hydroxylation is 1. The predicted octanol–water partition coefficient (Wildman–Crippen LogP) is -0.194. The largest absolute Gasteiger partial charge is 0.256 e. The molecule has 0 saturated heterocycles. The van der Waals surface area contributed by atoms with Crippen LogP contribution in [0.25, 0.3) is 0 Å². The Labute approximate surface area is 75.2 Å². The minimum Gasteiger partial charge on any atom is -0.256 e. The minimum absolute atomic E-state index is 0.0301. The van der Waals surface area contributed by atoms with Gasteiger partial charge in [0.25, 0.3) is 10.0 Å². The smallest absolute Gasteiger partial charge is 0.255 e. The fraction of sp³-hybridized carbons (Fsp3) is 0.400. The van der Waals surface area contributed by atoms with Crippen molar-refractivity contribution in [3.63, 3.8) is 0 Å². The first-order valence-electron chi connectivity index (χ1n) is 3.06. The molecule has 1 aromatic rings. The Balaban J connectivity index is 3.39. The zero-order valence-electron chi connectivity index (χ0n) is 6.36. The van der Waals surface area contributed by atoms with Crippen LogP contribution in [0.15, 0.2) is 11.2 Å². The van der Waals surface area contributed by atoms with Crippen molar-refractivity contribution in [1.29, 1.82) is 0 Å². The van der Waals surface area contributed by atoms with Gasteiger partial charge in [0.05, 0.1) is 12.1 Å². The third kappa shape index (κ3) is 1.60. The lowest BCUT2D eigenvalue weighted by atomic mass is 10.4. The summed E-state index contributed by atoms with van der Waals surface area (Å²) in [5.41, 5.74) is 0.418. The van der Waals surface area contributed by atoms with E-state index in [0.717, 1.165) is 0 Å². The number of nitrogens with two attached hydrogens (primary N) is 1. The quantitative estimate of drug-likeness (QED) is 0.686. The third-order valence-electron chi connectivity index (χ3n) is 1.37.